The number of unbranched alkanes of at least 4 members (excludes halogenated alkanes) is 24. The van der Waals surface area contributed by atoms with E-state index in [9.17, 15) is 14.4 Å². The second-order valence-corrected chi connectivity index (χ2v) is 16.7. The van der Waals surface area contributed by atoms with Gasteiger partial charge < -0.3 is 14.2 Å². The van der Waals surface area contributed by atoms with Crippen molar-refractivity contribution in [2.24, 2.45) is 0 Å². The lowest BCUT2D eigenvalue weighted by Crippen LogP contribution is -2.30. The lowest BCUT2D eigenvalue weighted by molar-refractivity contribution is -0.166. The summed E-state index contributed by atoms with van der Waals surface area (Å²) in [6.07, 6.45) is 59.3. The van der Waals surface area contributed by atoms with Crippen molar-refractivity contribution in [3.05, 3.63) is 60.8 Å². The third kappa shape index (κ3) is 46.2. The third-order valence-corrected chi connectivity index (χ3v) is 10.8. The van der Waals surface area contributed by atoms with Crippen molar-refractivity contribution >= 4 is 17.9 Å². The first-order chi connectivity index (χ1) is 29.5. The van der Waals surface area contributed by atoms with Crippen molar-refractivity contribution in [1.29, 1.82) is 0 Å². The molecule has 0 unspecified atom stereocenters. The van der Waals surface area contributed by atoms with Crippen molar-refractivity contribution in [2.75, 3.05) is 13.2 Å². The molecule has 0 amide bonds. The van der Waals surface area contributed by atoms with E-state index in [1.807, 2.05) is 6.08 Å². The molecular weight excluding hydrogens is 745 g/mol. The maximum Gasteiger partial charge on any atom is 0.306 e. The van der Waals surface area contributed by atoms with Crippen molar-refractivity contribution < 1.29 is 28.6 Å². The van der Waals surface area contributed by atoms with Crippen molar-refractivity contribution in [3.8, 4) is 0 Å². The molecule has 0 saturated heterocycles. The van der Waals surface area contributed by atoms with E-state index in [-0.39, 0.29) is 37.5 Å². The van der Waals surface area contributed by atoms with Gasteiger partial charge in [-0.15, -0.1) is 0 Å². The van der Waals surface area contributed by atoms with E-state index in [0.717, 1.165) is 64.2 Å². The second-order valence-electron chi connectivity index (χ2n) is 16.7. The summed E-state index contributed by atoms with van der Waals surface area (Å²) in [6, 6.07) is 0. The van der Waals surface area contributed by atoms with Crippen molar-refractivity contribution in [1.82, 2.24) is 0 Å². The summed E-state index contributed by atoms with van der Waals surface area (Å²) in [6.45, 7) is 6.54. The van der Waals surface area contributed by atoms with Gasteiger partial charge in [0.05, 0.1) is 0 Å². The van der Waals surface area contributed by atoms with Crippen LogP contribution in [0.15, 0.2) is 60.8 Å². The second kappa shape index (κ2) is 48.8. The fourth-order valence-electron chi connectivity index (χ4n) is 6.95. The molecule has 0 N–H and O–H groups in total. The molecule has 0 bridgehead atoms. The van der Waals surface area contributed by atoms with Crippen LogP contribution in [0.2, 0.25) is 0 Å². The van der Waals surface area contributed by atoms with Gasteiger partial charge in [0.25, 0.3) is 0 Å². The zero-order valence-corrected chi connectivity index (χ0v) is 39.5. The highest BCUT2D eigenvalue weighted by Gasteiger charge is 2.19. The SMILES string of the molecule is CCCCC/C=C\C/C=C\C/C=C\C/C=C\C/C=C\CCC(=O)OC[C@H](COC(=O)CCCCCCCCCCCCCC)OC(=O)CCCCCCCCCCCCC. The molecular formula is C54H94O6. The Morgan fingerprint density at radius 2 is 0.633 bits per heavy atom. The Labute approximate surface area is 370 Å². The minimum Gasteiger partial charge on any atom is -0.462 e. The van der Waals surface area contributed by atoms with Gasteiger partial charge in [0.2, 0.25) is 0 Å². The Hall–Kier alpha value is -2.89. The summed E-state index contributed by atoms with van der Waals surface area (Å²) in [4.78, 5) is 37.8. The molecule has 0 fully saturated rings. The highest BCUT2D eigenvalue weighted by molar-refractivity contribution is 5.71. The van der Waals surface area contributed by atoms with E-state index in [1.54, 1.807) is 0 Å². The van der Waals surface area contributed by atoms with E-state index >= 15 is 0 Å². The van der Waals surface area contributed by atoms with Crippen LogP contribution >= 0.6 is 0 Å². The number of allylic oxidation sites excluding steroid dienone is 10. The normalized spacial score (nSPS) is 12.5. The minimum absolute atomic E-state index is 0.0939. The Bertz CT molecular complexity index is 1100. The summed E-state index contributed by atoms with van der Waals surface area (Å²) >= 11 is 0. The van der Waals surface area contributed by atoms with E-state index in [4.69, 9.17) is 14.2 Å². The van der Waals surface area contributed by atoms with Gasteiger partial charge in [0.15, 0.2) is 6.10 Å². The largest absolute Gasteiger partial charge is 0.462 e. The van der Waals surface area contributed by atoms with Crippen LogP contribution in [-0.2, 0) is 28.6 Å². The quantitative estimate of drug-likeness (QED) is 0.0263. The van der Waals surface area contributed by atoms with Gasteiger partial charge in [-0.3, -0.25) is 14.4 Å². The summed E-state index contributed by atoms with van der Waals surface area (Å²) in [5.74, 6) is -0.977. The lowest BCUT2D eigenvalue weighted by Gasteiger charge is -2.18. The highest BCUT2D eigenvalue weighted by Crippen LogP contribution is 2.15. The summed E-state index contributed by atoms with van der Waals surface area (Å²) in [7, 11) is 0. The average Bonchev–Trinajstić information content (AvgIpc) is 3.24. The Morgan fingerprint density at radius 3 is 1.03 bits per heavy atom. The highest BCUT2D eigenvalue weighted by atomic mass is 16.6. The molecule has 1 atom stereocenters. The first-order valence-corrected chi connectivity index (χ1v) is 25.3. The zero-order chi connectivity index (χ0) is 43.7. The Balaban J connectivity index is 4.45. The van der Waals surface area contributed by atoms with Crippen LogP contribution in [0.3, 0.4) is 0 Å². The van der Waals surface area contributed by atoms with Crippen molar-refractivity contribution in [3.63, 3.8) is 0 Å². The topological polar surface area (TPSA) is 78.9 Å². The molecule has 0 spiro atoms. The van der Waals surface area contributed by atoms with Gasteiger partial charge in [-0.1, -0.05) is 229 Å². The maximum atomic E-state index is 12.7. The number of esters is 3. The number of rotatable bonds is 45. The first-order valence-electron chi connectivity index (χ1n) is 25.3. The van der Waals surface area contributed by atoms with Gasteiger partial charge in [-0.2, -0.15) is 0 Å². The average molecular weight is 839 g/mol. The van der Waals surface area contributed by atoms with E-state index in [2.05, 4.69) is 75.5 Å². The predicted octanol–water partition coefficient (Wildman–Crippen LogP) is 16.5. The summed E-state index contributed by atoms with van der Waals surface area (Å²) < 4.78 is 16.7. The summed E-state index contributed by atoms with van der Waals surface area (Å²) in [5, 5.41) is 0. The zero-order valence-electron chi connectivity index (χ0n) is 39.5. The number of hydrogen-bond acceptors (Lipinski definition) is 6. The molecule has 0 aliphatic rings. The fourth-order valence-corrected chi connectivity index (χ4v) is 6.95. The van der Waals surface area contributed by atoms with E-state index in [0.29, 0.717) is 19.3 Å². The predicted molar refractivity (Wildman–Crippen MR) is 256 cm³/mol. The van der Waals surface area contributed by atoms with Crippen LogP contribution in [0.1, 0.15) is 245 Å². The molecule has 6 nitrogen and oxygen atoms in total. The number of hydrogen-bond donors (Lipinski definition) is 0. The van der Waals surface area contributed by atoms with Gasteiger partial charge in [0.1, 0.15) is 13.2 Å². The van der Waals surface area contributed by atoms with E-state index in [1.165, 1.54) is 135 Å². The van der Waals surface area contributed by atoms with E-state index < -0.39 is 6.10 Å². The fraction of sp³-hybridized carbons (Fsp3) is 0.759. The van der Waals surface area contributed by atoms with Gasteiger partial charge in [0, 0.05) is 19.3 Å². The molecule has 0 aromatic carbocycles. The molecule has 0 aliphatic carbocycles. The molecule has 0 saturated carbocycles. The Morgan fingerprint density at radius 1 is 0.333 bits per heavy atom. The molecule has 6 heteroatoms. The molecule has 0 rings (SSSR count). The lowest BCUT2D eigenvalue weighted by atomic mass is 10.0. The molecule has 0 aliphatic heterocycles. The first kappa shape index (κ1) is 57.1. The number of carbonyl (C=O) groups excluding carboxylic acids is 3. The minimum atomic E-state index is -0.798. The molecule has 0 aromatic heterocycles. The van der Waals surface area contributed by atoms with Crippen LogP contribution < -0.4 is 0 Å². The van der Waals surface area contributed by atoms with Crippen LogP contribution in [-0.4, -0.2) is 37.2 Å². The smallest absolute Gasteiger partial charge is 0.306 e. The molecule has 60 heavy (non-hydrogen) atoms. The van der Waals surface area contributed by atoms with Gasteiger partial charge in [-0.05, 0) is 57.8 Å². The van der Waals surface area contributed by atoms with Gasteiger partial charge in [-0.25, -0.2) is 0 Å². The van der Waals surface area contributed by atoms with Crippen LogP contribution in [0.4, 0.5) is 0 Å². The maximum absolute atomic E-state index is 12.7. The molecule has 346 valence electrons. The third-order valence-electron chi connectivity index (χ3n) is 10.8. The molecule has 0 radical (unpaired) electrons. The van der Waals surface area contributed by atoms with Crippen LogP contribution in [0.25, 0.3) is 0 Å². The molecule has 0 aromatic rings. The molecule has 0 heterocycles. The van der Waals surface area contributed by atoms with Gasteiger partial charge >= 0.3 is 17.9 Å². The van der Waals surface area contributed by atoms with Crippen LogP contribution in [0, 0.1) is 0 Å². The Kier molecular flexibility index (Phi) is 46.4. The number of carbonyl (C=O) groups is 3. The monoisotopic (exact) mass is 839 g/mol. The standard InChI is InChI=1S/C54H94O6/c1-4-7-10-13-16-19-22-24-25-26-27-28-29-30-33-35-38-41-44-47-53(56)59-50-51(60-54(57)48-45-42-39-36-31-21-18-15-12-9-6-3)49-58-52(55)46-43-40-37-34-32-23-20-17-14-11-8-5-2/h16,19,24-25,27-28,30,33,38,41,51H,4-15,17-18,20-23,26,29,31-32,34-37,39-40,42-50H2,1-3H3/b19-16-,25-24-,28-27-,33-30-,41-38-/t51-/m0/s1. The number of ether oxygens (including phenoxy) is 3. The van der Waals surface area contributed by atoms with Crippen molar-refractivity contribution in [2.45, 2.75) is 252 Å². The van der Waals surface area contributed by atoms with Crippen LogP contribution in [0.5, 0.6) is 0 Å². The summed E-state index contributed by atoms with van der Waals surface area (Å²) in [5.41, 5.74) is 0.